The highest BCUT2D eigenvalue weighted by Gasteiger charge is 2.42. The van der Waals surface area contributed by atoms with Crippen LogP contribution >= 0.6 is 0 Å². The molecule has 3 N–H and O–H groups in total. The number of benzene rings is 1. The number of alkyl halides is 3. The molecular weight excluding hydrogens is 425 g/mol. The lowest BCUT2D eigenvalue weighted by Crippen LogP contribution is -2.52. The van der Waals surface area contributed by atoms with Crippen molar-refractivity contribution in [3.8, 4) is 0 Å². The van der Waals surface area contributed by atoms with E-state index < -0.39 is 24.2 Å². The minimum absolute atomic E-state index is 0.00140. The number of hydrogen-bond acceptors (Lipinski definition) is 5. The van der Waals surface area contributed by atoms with Gasteiger partial charge in [0.15, 0.2) is 0 Å². The lowest BCUT2D eigenvalue weighted by molar-refractivity contribution is -0.160. The van der Waals surface area contributed by atoms with Gasteiger partial charge in [0, 0.05) is 25.1 Å². The van der Waals surface area contributed by atoms with Crippen molar-refractivity contribution < 1.29 is 27.6 Å². The number of nitrogens with zero attached hydrogens (tertiary/aromatic N) is 1. The SMILES string of the molecule is O=C1CCC(N2Cc3cccc(CNC(CC4CCNCC4)C(F)(F)F)c3C2=O)C(=O)N1. The minimum atomic E-state index is -4.38. The molecule has 32 heavy (non-hydrogen) atoms. The number of carbonyl (C=O) groups is 3. The van der Waals surface area contributed by atoms with E-state index in [9.17, 15) is 27.6 Å². The summed E-state index contributed by atoms with van der Waals surface area (Å²) in [5.74, 6) is -1.26. The van der Waals surface area contributed by atoms with Gasteiger partial charge in [-0.2, -0.15) is 13.2 Å². The zero-order valence-electron chi connectivity index (χ0n) is 17.6. The van der Waals surface area contributed by atoms with Crippen LogP contribution in [0.4, 0.5) is 13.2 Å². The second-order valence-electron chi connectivity index (χ2n) is 8.76. The molecular formula is C22H27F3N4O3. The summed E-state index contributed by atoms with van der Waals surface area (Å²) in [4.78, 5) is 38.2. The molecule has 0 spiro atoms. The van der Waals surface area contributed by atoms with Crippen LogP contribution in [0.5, 0.6) is 0 Å². The zero-order chi connectivity index (χ0) is 22.9. The molecule has 1 aromatic carbocycles. The van der Waals surface area contributed by atoms with Gasteiger partial charge < -0.3 is 15.5 Å². The van der Waals surface area contributed by atoms with Gasteiger partial charge in [-0.3, -0.25) is 19.7 Å². The maximum absolute atomic E-state index is 13.7. The fraction of sp³-hybridized carbons (Fsp3) is 0.591. The number of carbonyl (C=O) groups excluding carboxylic acids is 3. The highest BCUT2D eigenvalue weighted by molar-refractivity contribution is 6.05. The van der Waals surface area contributed by atoms with Gasteiger partial charge in [-0.05, 0) is 55.8 Å². The van der Waals surface area contributed by atoms with Crippen molar-refractivity contribution in [1.29, 1.82) is 0 Å². The van der Waals surface area contributed by atoms with Crippen LogP contribution in [-0.2, 0) is 22.7 Å². The highest BCUT2D eigenvalue weighted by Crippen LogP contribution is 2.32. The van der Waals surface area contributed by atoms with Gasteiger partial charge >= 0.3 is 6.18 Å². The first-order valence-electron chi connectivity index (χ1n) is 11.0. The summed E-state index contributed by atoms with van der Waals surface area (Å²) in [6.07, 6.45) is -2.55. The molecule has 10 heteroatoms. The molecule has 2 atom stereocenters. The van der Waals surface area contributed by atoms with Crippen LogP contribution in [0, 0.1) is 5.92 Å². The molecule has 2 fully saturated rings. The number of halogens is 3. The first kappa shape index (κ1) is 22.7. The Balaban J connectivity index is 1.47. The quantitative estimate of drug-likeness (QED) is 0.574. The molecule has 3 amide bonds. The van der Waals surface area contributed by atoms with Crippen LogP contribution in [0.2, 0.25) is 0 Å². The number of rotatable bonds is 6. The van der Waals surface area contributed by atoms with Crippen LogP contribution in [-0.4, -0.2) is 54.0 Å². The summed E-state index contributed by atoms with van der Waals surface area (Å²) in [7, 11) is 0. The number of amides is 3. The Bertz CT molecular complexity index is 899. The van der Waals surface area contributed by atoms with Gasteiger partial charge in [0.05, 0.1) is 0 Å². The maximum atomic E-state index is 13.7. The van der Waals surface area contributed by atoms with Gasteiger partial charge in [-0.1, -0.05) is 18.2 Å². The van der Waals surface area contributed by atoms with Crippen molar-refractivity contribution >= 4 is 17.7 Å². The Labute approximate surface area is 184 Å². The molecule has 0 bridgehead atoms. The molecule has 4 rings (SSSR count). The molecule has 3 aliphatic rings. The summed E-state index contributed by atoms with van der Waals surface area (Å²) in [5.41, 5.74) is 1.52. The van der Waals surface area contributed by atoms with Gasteiger partial charge in [0.1, 0.15) is 12.1 Å². The number of hydrogen-bond donors (Lipinski definition) is 3. The van der Waals surface area contributed by atoms with E-state index in [1.54, 1.807) is 18.2 Å². The third-order valence-electron chi connectivity index (χ3n) is 6.60. The molecule has 3 aliphatic heterocycles. The van der Waals surface area contributed by atoms with Crippen LogP contribution < -0.4 is 16.0 Å². The van der Waals surface area contributed by atoms with Gasteiger partial charge in [0.2, 0.25) is 11.8 Å². The predicted molar refractivity (Wildman–Crippen MR) is 109 cm³/mol. The van der Waals surface area contributed by atoms with Gasteiger partial charge in [-0.25, -0.2) is 0 Å². The topological polar surface area (TPSA) is 90.5 Å². The van der Waals surface area contributed by atoms with Crippen molar-refractivity contribution in [2.45, 2.75) is 63.5 Å². The second kappa shape index (κ2) is 9.19. The van der Waals surface area contributed by atoms with E-state index >= 15 is 0 Å². The van der Waals surface area contributed by atoms with Crippen LogP contribution in [0.25, 0.3) is 0 Å². The zero-order valence-corrected chi connectivity index (χ0v) is 17.6. The van der Waals surface area contributed by atoms with Crippen LogP contribution in [0.15, 0.2) is 18.2 Å². The van der Waals surface area contributed by atoms with Crippen LogP contribution in [0.3, 0.4) is 0 Å². The predicted octanol–water partition coefficient (Wildman–Crippen LogP) is 1.86. The Kier molecular flexibility index (Phi) is 6.52. The van der Waals surface area contributed by atoms with Gasteiger partial charge in [0.25, 0.3) is 5.91 Å². The molecule has 0 saturated carbocycles. The van der Waals surface area contributed by atoms with Crippen LogP contribution in [0.1, 0.15) is 53.6 Å². The third-order valence-corrected chi connectivity index (χ3v) is 6.60. The van der Waals surface area contributed by atoms with E-state index in [-0.39, 0.29) is 50.1 Å². The lowest BCUT2D eigenvalue weighted by Gasteiger charge is -2.29. The molecule has 2 saturated heterocycles. The average molecular weight is 452 g/mol. The van der Waals surface area contributed by atoms with E-state index in [2.05, 4.69) is 16.0 Å². The summed E-state index contributed by atoms with van der Waals surface area (Å²) in [6.45, 7) is 1.57. The maximum Gasteiger partial charge on any atom is 0.403 e. The summed E-state index contributed by atoms with van der Waals surface area (Å²) >= 11 is 0. The summed E-state index contributed by atoms with van der Waals surface area (Å²) < 4.78 is 41.0. The third kappa shape index (κ3) is 4.80. The first-order chi connectivity index (χ1) is 15.2. The normalized spacial score (nSPS) is 23.3. The van der Waals surface area contributed by atoms with E-state index in [4.69, 9.17) is 0 Å². The van der Waals surface area contributed by atoms with Gasteiger partial charge in [-0.15, -0.1) is 0 Å². The fourth-order valence-corrected chi connectivity index (χ4v) is 4.85. The van der Waals surface area contributed by atoms with Crippen molar-refractivity contribution in [2.24, 2.45) is 5.92 Å². The minimum Gasteiger partial charge on any atom is -0.322 e. The smallest absolute Gasteiger partial charge is 0.322 e. The molecule has 0 aliphatic carbocycles. The highest BCUT2D eigenvalue weighted by atomic mass is 19.4. The van der Waals surface area contributed by atoms with Crippen molar-refractivity contribution in [1.82, 2.24) is 20.9 Å². The molecule has 2 unspecified atom stereocenters. The van der Waals surface area contributed by atoms with E-state index in [0.717, 1.165) is 13.1 Å². The van der Waals surface area contributed by atoms with Crippen molar-refractivity contribution in [3.63, 3.8) is 0 Å². The number of piperidine rings is 2. The molecule has 174 valence electrons. The Morgan fingerprint density at radius 1 is 1.12 bits per heavy atom. The number of imide groups is 1. The first-order valence-corrected chi connectivity index (χ1v) is 11.0. The van der Waals surface area contributed by atoms with E-state index in [1.165, 1.54) is 4.90 Å². The van der Waals surface area contributed by atoms with E-state index in [1.807, 2.05) is 0 Å². The fourth-order valence-electron chi connectivity index (χ4n) is 4.85. The summed E-state index contributed by atoms with van der Waals surface area (Å²) in [6, 6.07) is 2.71. The number of nitrogens with one attached hydrogen (secondary N) is 3. The molecule has 7 nitrogen and oxygen atoms in total. The second-order valence-corrected chi connectivity index (χ2v) is 8.76. The summed E-state index contributed by atoms with van der Waals surface area (Å²) in [5, 5.41) is 8.06. The largest absolute Gasteiger partial charge is 0.403 e. The average Bonchev–Trinajstić information content (AvgIpc) is 3.08. The van der Waals surface area contributed by atoms with E-state index in [0.29, 0.717) is 29.5 Å². The Morgan fingerprint density at radius 2 is 1.88 bits per heavy atom. The molecule has 0 radical (unpaired) electrons. The monoisotopic (exact) mass is 452 g/mol. The van der Waals surface area contributed by atoms with Crippen molar-refractivity contribution in [2.75, 3.05) is 13.1 Å². The molecule has 0 aromatic heterocycles. The Hall–Kier alpha value is -2.46. The lowest BCUT2D eigenvalue weighted by atomic mass is 9.90. The molecule has 3 heterocycles. The standard InChI is InChI=1S/C22H27F3N4O3/c23-22(24,25)17(10-13-6-8-26-9-7-13)27-11-14-2-1-3-15-12-29(21(32)19(14)15)16-4-5-18(30)28-20(16)31/h1-3,13,16-17,26-27H,4-12H2,(H,28,30,31). The Morgan fingerprint density at radius 3 is 2.56 bits per heavy atom. The van der Waals surface area contributed by atoms with Crippen molar-refractivity contribution in [3.05, 3.63) is 34.9 Å². The molecule has 1 aromatic rings. The number of fused-ring (bicyclic) bond motifs is 1.